The standard InChI is InChI=1S/C8H13N3O4S2/c1-10-17(14,15)8-5-6(16(2,12)13)3-4-7(8)11-9/h3-5,10-11H,9H2,1-2H3. The molecule has 0 spiro atoms. The van der Waals surface area contributed by atoms with Gasteiger partial charge in [0.15, 0.2) is 9.84 Å². The van der Waals surface area contributed by atoms with Gasteiger partial charge in [-0.15, -0.1) is 0 Å². The Balaban J connectivity index is 3.57. The second-order valence-electron chi connectivity index (χ2n) is 3.28. The molecule has 1 aromatic rings. The maximum atomic E-state index is 11.7. The summed E-state index contributed by atoms with van der Waals surface area (Å²) in [6, 6.07) is 3.62. The van der Waals surface area contributed by atoms with Gasteiger partial charge in [0.2, 0.25) is 10.0 Å². The number of nitrogen functional groups attached to an aromatic ring is 1. The summed E-state index contributed by atoms with van der Waals surface area (Å²) < 4.78 is 48.1. The Hall–Kier alpha value is -1.16. The summed E-state index contributed by atoms with van der Waals surface area (Å²) in [6.45, 7) is 0. The van der Waals surface area contributed by atoms with Gasteiger partial charge in [-0.3, -0.25) is 5.84 Å². The highest BCUT2D eigenvalue weighted by atomic mass is 32.2. The van der Waals surface area contributed by atoms with Gasteiger partial charge >= 0.3 is 0 Å². The molecule has 0 radical (unpaired) electrons. The van der Waals surface area contributed by atoms with E-state index in [1.165, 1.54) is 19.2 Å². The first-order valence-corrected chi connectivity index (χ1v) is 7.84. The maximum absolute atomic E-state index is 11.7. The second-order valence-corrected chi connectivity index (χ2v) is 7.15. The van der Waals surface area contributed by atoms with Crippen molar-refractivity contribution >= 4 is 25.5 Å². The molecule has 0 aromatic heterocycles. The Morgan fingerprint density at radius 3 is 2.18 bits per heavy atom. The van der Waals surface area contributed by atoms with E-state index in [0.29, 0.717) is 0 Å². The summed E-state index contributed by atoms with van der Waals surface area (Å²) in [7, 11) is -6.04. The van der Waals surface area contributed by atoms with Crippen molar-refractivity contribution in [2.45, 2.75) is 9.79 Å². The normalized spacial score (nSPS) is 12.4. The van der Waals surface area contributed by atoms with Gasteiger partial charge in [0.05, 0.1) is 10.6 Å². The van der Waals surface area contributed by atoms with Gasteiger partial charge in [0.1, 0.15) is 4.90 Å². The Kier molecular flexibility index (Phi) is 3.77. The van der Waals surface area contributed by atoms with Crippen LogP contribution in [0.1, 0.15) is 0 Å². The van der Waals surface area contributed by atoms with Gasteiger partial charge < -0.3 is 5.43 Å². The lowest BCUT2D eigenvalue weighted by atomic mass is 10.3. The Morgan fingerprint density at radius 1 is 1.18 bits per heavy atom. The number of nitrogens with one attached hydrogen (secondary N) is 2. The zero-order valence-corrected chi connectivity index (χ0v) is 10.9. The van der Waals surface area contributed by atoms with E-state index in [0.717, 1.165) is 12.3 Å². The molecule has 0 fully saturated rings. The molecule has 0 bridgehead atoms. The second kappa shape index (κ2) is 4.61. The summed E-state index contributed by atoms with van der Waals surface area (Å²) in [4.78, 5) is -0.309. The minimum atomic E-state index is -3.78. The Labute approximate surface area is 100.0 Å². The third-order valence-corrected chi connectivity index (χ3v) is 4.66. The monoisotopic (exact) mass is 279 g/mol. The number of nitrogens with two attached hydrogens (primary N) is 1. The van der Waals surface area contributed by atoms with Crippen molar-refractivity contribution in [1.82, 2.24) is 4.72 Å². The van der Waals surface area contributed by atoms with Crippen LogP contribution < -0.4 is 16.0 Å². The van der Waals surface area contributed by atoms with Crippen LogP contribution in [0.15, 0.2) is 28.0 Å². The third kappa shape index (κ3) is 2.94. The van der Waals surface area contributed by atoms with Crippen LogP contribution in [0.3, 0.4) is 0 Å². The highest BCUT2D eigenvalue weighted by Crippen LogP contribution is 2.23. The number of anilines is 1. The summed E-state index contributed by atoms with van der Waals surface area (Å²) in [5.41, 5.74) is 2.32. The van der Waals surface area contributed by atoms with Crippen LogP contribution >= 0.6 is 0 Å². The smallest absolute Gasteiger partial charge is 0.242 e. The topological polar surface area (TPSA) is 118 Å². The van der Waals surface area contributed by atoms with Crippen LogP contribution in [-0.4, -0.2) is 30.1 Å². The average Bonchev–Trinajstić information content (AvgIpc) is 2.27. The van der Waals surface area contributed by atoms with Crippen LogP contribution in [0.4, 0.5) is 5.69 Å². The van der Waals surface area contributed by atoms with Crippen LogP contribution in [0.25, 0.3) is 0 Å². The van der Waals surface area contributed by atoms with E-state index >= 15 is 0 Å². The van der Waals surface area contributed by atoms with Crippen LogP contribution in [-0.2, 0) is 19.9 Å². The fourth-order valence-electron chi connectivity index (χ4n) is 1.18. The molecule has 0 aliphatic carbocycles. The number of sulfone groups is 1. The minimum absolute atomic E-state index is 0.0923. The van der Waals surface area contributed by atoms with E-state index < -0.39 is 19.9 Å². The van der Waals surface area contributed by atoms with Crippen molar-refractivity contribution in [3.8, 4) is 0 Å². The van der Waals surface area contributed by atoms with E-state index in [4.69, 9.17) is 5.84 Å². The van der Waals surface area contributed by atoms with Gasteiger partial charge in [-0.2, -0.15) is 0 Å². The van der Waals surface area contributed by atoms with E-state index in [-0.39, 0.29) is 15.5 Å². The fourth-order valence-corrected chi connectivity index (χ4v) is 2.83. The molecule has 1 rings (SSSR count). The molecular formula is C8H13N3O4S2. The van der Waals surface area contributed by atoms with Gasteiger partial charge in [-0.05, 0) is 25.2 Å². The minimum Gasteiger partial charge on any atom is -0.323 e. The van der Waals surface area contributed by atoms with Crippen LogP contribution in [0.2, 0.25) is 0 Å². The lowest BCUT2D eigenvalue weighted by Crippen LogP contribution is -2.22. The molecular weight excluding hydrogens is 266 g/mol. The first kappa shape index (κ1) is 13.9. The largest absolute Gasteiger partial charge is 0.323 e. The molecule has 1 aromatic carbocycles. The molecule has 0 atom stereocenters. The highest BCUT2D eigenvalue weighted by molar-refractivity contribution is 7.91. The average molecular weight is 279 g/mol. The molecule has 0 heterocycles. The molecule has 0 saturated heterocycles. The fraction of sp³-hybridized carbons (Fsp3) is 0.250. The maximum Gasteiger partial charge on any atom is 0.242 e. The summed E-state index contributed by atoms with van der Waals surface area (Å²) >= 11 is 0. The van der Waals surface area contributed by atoms with Crippen molar-refractivity contribution in [3.63, 3.8) is 0 Å². The molecule has 7 nitrogen and oxygen atoms in total. The molecule has 0 aliphatic rings. The van der Waals surface area contributed by atoms with E-state index in [2.05, 4.69) is 10.1 Å². The van der Waals surface area contributed by atoms with Crippen molar-refractivity contribution in [2.24, 2.45) is 5.84 Å². The van der Waals surface area contributed by atoms with E-state index in [9.17, 15) is 16.8 Å². The number of hydrogen-bond donors (Lipinski definition) is 3. The third-order valence-electron chi connectivity index (χ3n) is 2.09. The SMILES string of the molecule is CNS(=O)(=O)c1cc(S(C)(=O)=O)ccc1NN. The van der Waals surface area contributed by atoms with Gasteiger partial charge in [-0.25, -0.2) is 21.6 Å². The van der Waals surface area contributed by atoms with Crippen LogP contribution in [0, 0.1) is 0 Å². The number of rotatable bonds is 4. The molecule has 0 aliphatic heterocycles. The number of hydrazine groups is 1. The predicted octanol–water partition coefficient (Wildman–Crippen LogP) is -0.716. The van der Waals surface area contributed by atoms with Gasteiger partial charge in [-0.1, -0.05) is 0 Å². The first-order valence-electron chi connectivity index (χ1n) is 4.46. The van der Waals surface area contributed by atoms with Crippen LogP contribution in [0.5, 0.6) is 0 Å². The zero-order chi connectivity index (χ0) is 13.3. The first-order chi connectivity index (χ1) is 7.72. The molecule has 0 amide bonds. The molecule has 9 heteroatoms. The molecule has 0 unspecified atom stereocenters. The molecule has 17 heavy (non-hydrogen) atoms. The number of hydrogen-bond acceptors (Lipinski definition) is 6. The predicted molar refractivity (Wildman–Crippen MR) is 63.6 cm³/mol. The summed E-state index contributed by atoms with van der Waals surface area (Å²) in [5.74, 6) is 5.17. The van der Waals surface area contributed by atoms with Gasteiger partial charge in [0, 0.05) is 6.26 Å². The number of benzene rings is 1. The molecule has 4 N–H and O–H groups in total. The van der Waals surface area contributed by atoms with Gasteiger partial charge in [0.25, 0.3) is 0 Å². The van der Waals surface area contributed by atoms with Crippen molar-refractivity contribution in [3.05, 3.63) is 18.2 Å². The number of sulfonamides is 1. The van der Waals surface area contributed by atoms with Crippen molar-refractivity contribution < 1.29 is 16.8 Å². The van der Waals surface area contributed by atoms with E-state index in [1.54, 1.807) is 0 Å². The van der Waals surface area contributed by atoms with Crippen molar-refractivity contribution in [2.75, 3.05) is 18.7 Å². The lowest BCUT2D eigenvalue weighted by Gasteiger charge is -2.10. The Bertz CT molecular complexity index is 622. The molecule has 96 valence electrons. The molecule has 0 saturated carbocycles. The highest BCUT2D eigenvalue weighted by Gasteiger charge is 2.19. The lowest BCUT2D eigenvalue weighted by molar-refractivity contribution is 0.588. The quantitative estimate of drug-likeness (QED) is 0.494. The summed E-state index contributed by atoms with van der Waals surface area (Å²) in [6.07, 6.45) is 0.994. The zero-order valence-electron chi connectivity index (χ0n) is 9.26. The Morgan fingerprint density at radius 2 is 1.76 bits per heavy atom. The van der Waals surface area contributed by atoms with E-state index in [1.807, 2.05) is 0 Å². The van der Waals surface area contributed by atoms with Crippen molar-refractivity contribution in [1.29, 1.82) is 0 Å². The summed E-state index contributed by atoms with van der Waals surface area (Å²) in [5, 5.41) is 0.